The highest BCUT2D eigenvalue weighted by Gasteiger charge is 2.00. The van der Waals surface area contributed by atoms with Gasteiger partial charge in [0.2, 0.25) is 5.90 Å². The number of para-hydroxylation sites is 2. The van der Waals surface area contributed by atoms with Gasteiger partial charge in [-0.25, -0.2) is 4.99 Å². The van der Waals surface area contributed by atoms with Crippen LogP contribution >= 0.6 is 23.4 Å². The van der Waals surface area contributed by atoms with E-state index in [1.807, 2.05) is 96.4 Å². The average Bonchev–Trinajstić information content (AvgIpc) is 2.65. The second kappa shape index (κ2) is 9.11. The molecular formula is C21H16ClNOS. The molecule has 0 fully saturated rings. The van der Waals surface area contributed by atoms with Crippen LogP contribution in [0.25, 0.3) is 0 Å². The summed E-state index contributed by atoms with van der Waals surface area (Å²) >= 11 is 7.49. The van der Waals surface area contributed by atoms with Crippen LogP contribution in [0.1, 0.15) is 0 Å². The van der Waals surface area contributed by atoms with Crippen LogP contribution in [0.15, 0.2) is 106 Å². The Hall–Kier alpha value is -2.49. The Labute approximate surface area is 156 Å². The average molecular weight is 366 g/mol. The highest BCUT2D eigenvalue weighted by atomic mass is 35.5. The summed E-state index contributed by atoms with van der Waals surface area (Å²) in [6, 6.07) is 27.1. The van der Waals surface area contributed by atoms with Crippen LogP contribution in [0.4, 0.5) is 5.69 Å². The van der Waals surface area contributed by atoms with Crippen LogP contribution in [0.2, 0.25) is 5.02 Å². The molecule has 0 saturated heterocycles. The molecule has 4 heteroatoms. The van der Waals surface area contributed by atoms with E-state index in [2.05, 4.69) is 4.99 Å². The first-order valence-corrected chi connectivity index (χ1v) is 9.01. The van der Waals surface area contributed by atoms with E-state index in [0.717, 1.165) is 21.4 Å². The number of nitrogens with zero attached hydrogens (tertiary/aromatic N) is 1. The minimum atomic E-state index is 0.527. The summed E-state index contributed by atoms with van der Waals surface area (Å²) in [7, 11) is 0. The zero-order valence-electron chi connectivity index (χ0n) is 13.4. The zero-order chi connectivity index (χ0) is 17.3. The van der Waals surface area contributed by atoms with E-state index in [1.165, 1.54) is 0 Å². The molecule has 0 N–H and O–H groups in total. The van der Waals surface area contributed by atoms with E-state index >= 15 is 0 Å². The number of hydrogen-bond acceptors (Lipinski definition) is 3. The quantitative estimate of drug-likeness (QED) is 0.283. The van der Waals surface area contributed by atoms with Crippen molar-refractivity contribution in [1.82, 2.24) is 0 Å². The van der Waals surface area contributed by atoms with Crippen LogP contribution < -0.4 is 4.74 Å². The largest absolute Gasteiger partial charge is 0.439 e. The fourth-order valence-electron chi connectivity index (χ4n) is 2.02. The SMILES string of the molecule is Clc1ccc(SC=CC(=Nc2ccccc2)Oc2ccccc2)cc1. The maximum Gasteiger partial charge on any atom is 0.220 e. The molecule has 3 rings (SSSR count). The molecule has 0 aliphatic carbocycles. The first kappa shape index (κ1) is 17.3. The third-order valence-corrected chi connectivity index (χ3v) is 4.26. The van der Waals surface area contributed by atoms with Crippen molar-refractivity contribution in [3.8, 4) is 5.75 Å². The number of rotatable bonds is 5. The molecule has 0 aliphatic rings. The van der Waals surface area contributed by atoms with Crippen molar-refractivity contribution in [1.29, 1.82) is 0 Å². The predicted octanol–water partition coefficient (Wildman–Crippen LogP) is 6.76. The summed E-state index contributed by atoms with van der Waals surface area (Å²) in [6.07, 6.45) is 1.86. The molecular weight excluding hydrogens is 350 g/mol. The van der Waals surface area contributed by atoms with Crippen LogP contribution in [0.3, 0.4) is 0 Å². The lowest BCUT2D eigenvalue weighted by Gasteiger charge is -2.05. The van der Waals surface area contributed by atoms with Crippen LogP contribution in [0, 0.1) is 0 Å². The standard InChI is InChI=1S/C21H16ClNOS/c22-17-11-13-20(14-12-17)25-16-15-21(23-18-7-3-1-4-8-18)24-19-9-5-2-6-10-19/h1-16H. The molecule has 0 unspecified atom stereocenters. The van der Waals surface area contributed by atoms with E-state index < -0.39 is 0 Å². The van der Waals surface area contributed by atoms with Crippen molar-refractivity contribution in [2.45, 2.75) is 4.90 Å². The molecule has 0 radical (unpaired) electrons. The lowest BCUT2D eigenvalue weighted by Crippen LogP contribution is -2.04. The second-order valence-electron chi connectivity index (χ2n) is 5.08. The molecule has 0 aliphatic heterocycles. The van der Waals surface area contributed by atoms with Crippen molar-refractivity contribution >= 4 is 34.9 Å². The third-order valence-electron chi connectivity index (χ3n) is 3.19. The summed E-state index contributed by atoms with van der Waals surface area (Å²) in [5.74, 6) is 1.28. The molecule has 0 heterocycles. The number of hydrogen-bond donors (Lipinski definition) is 0. The Morgan fingerprint density at radius 2 is 1.48 bits per heavy atom. The van der Waals surface area contributed by atoms with Crippen molar-refractivity contribution in [3.63, 3.8) is 0 Å². The van der Waals surface area contributed by atoms with Crippen molar-refractivity contribution in [2.24, 2.45) is 4.99 Å². The fraction of sp³-hybridized carbons (Fsp3) is 0. The number of ether oxygens (including phenoxy) is 1. The first-order chi connectivity index (χ1) is 12.3. The van der Waals surface area contributed by atoms with Gasteiger partial charge < -0.3 is 4.74 Å². The zero-order valence-corrected chi connectivity index (χ0v) is 15.0. The normalized spacial score (nSPS) is 11.6. The van der Waals surface area contributed by atoms with E-state index in [4.69, 9.17) is 16.3 Å². The molecule has 0 bridgehead atoms. The second-order valence-corrected chi connectivity index (χ2v) is 6.49. The number of thioether (sulfide) groups is 1. The summed E-state index contributed by atoms with van der Waals surface area (Å²) in [4.78, 5) is 5.67. The molecule has 124 valence electrons. The molecule has 0 spiro atoms. The van der Waals surface area contributed by atoms with Gasteiger partial charge in [-0.3, -0.25) is 0 Å². The minimum absolute atomic E-state index is 0.527. The topological polar surface area (TPSA) is 21.6 Å². The van der Waals surface area contributed by atoms with Gasteiger partial charge in [-0.2, -0.15) is 0 Å². The van der Waals surface area contributed by atoms with Gasteiger partial charge in [-0.15, -0.1) is 0 Å². The number of benzene rings is 3. The van der Waals surface area contributed by atoms with Gasteiger partial charge in [0.1, 0.15) is 5.75 Å². The molecule has 2 nitrogen and oxygen atoms in total. The number of aliphatic imine (C=N–C) groups is 1. The smallest absolute Gasteiger partial charge is 0.220 e. The Morgan fingerprint density at radius 3 is 2.16 bits per heavy atom. The van der Waals surface area contributed by atoms with Gasteiger partial charge >= 0.3 is 0 Å². The van der Waals surface area contributed by atoms with Gasteiger partial charge in [0, 0.05) is 16.0 Å². The van der Waals surface area contributed by atoms with Gasteiger partial charge in [-0.05, 0) is 53.9 Å². The predicted molar refractivity (Wildman–Crippen MR) is 107 cm³/mol. The Bertz CT molecular complexity index is 846. The molecule has 3 aromatic rings. The summed E-state index contributed by atoms with van der Waals surface area (Å²) < 4.78 is 5.90. The summed E-state index contributed by atoms with van der Waals surface area (Å²) in [6.45, 7) is 0. The van der Waals surface area contributed by atoms with E-state index in [1.54, 1.807) is 11.8 Å². The minimum Gasteiger partial charge on any atom is -0.439 e. The van der Waals surface area contributed by atoms with Crippen LogP contribution in [-0.4, -0.2) is 5.90 Å². The van der Waals surface area contributed by atoms with E-state index in [-0.39, 0.29) is 0 Å². The van der Waals surface area contributed by atoms with Gasteiger partial charge in [0.05, 0.1) is 5.69 Å². The molecule has 3 aromatic carbocycles. The molecule has 0 aromatic heterocycles. The maximum atomic E-state index is 5.91. The van der Waals surface area contributed by atoms with E-state index in [0.29, 0.717) is 5.90 Å². The number of halogens is 1. The molecule has 0 atom stereocenters. The van der Waals surface area contributed by atoms with E-state index in [9.17, 15) is 0 Å². The van der Waals surface area contributed by atoms with Crippen molar-refractivity contribution in [2.75, 3.05) is 0 Å². The highest BCUT2D eigenvalue weighted by molar-refractivity contribution is 8.02. The Balaban J connectivity index is 1.77. The van der Waals surface area contributed by atoms with Gasteiger partial charge in [0.25, 0.3) is 0 Å². The van der Waals surface area contributed by atoms with Crippen molar-refractivity contribution in [3.05, 3.63) is 101 Å². The molecule has 0 saturated carbocycles. The Morgan fingerprint density at radius 1 is 0.840 bits per heavy atom. The maximum absolute atomic E-state index is 5.91. The van der Waals surface area contributed by atoms with Gasteiger partial charge in [0.15, 0.2) is 0 Å². The lowest BCUT2D eigenvalue weighted by atomic mass is 10.3. The van der Waals surface area contributed by atoms with Crippen LogP contribution in [0.5, 0.6) is 5.75 Å². The fourth-order valence-corrected chi connectivity index (χ4v) is 2.78. The summed E-state index contributed by atoms with van der Waals surface area (Å²) in [5.41, 5.74) is 0.842. The molecule has 25 heavy (non-hydrogen) atoms. The highest BCUT2D eigenvalue weighted by Crippen LogP contribution is 2.22. The Kier molecular flexibility index (Phi) is 6.32. The molecule has 0 amide bonds. The third kappa shape index (κ3) is 5.82. The van der Waals surface area contributed by atoms with Crippen molar-refractivity contribution < 1.29 is 4.74 Å². The summed E-state index contributed by atoms with van der Waals surface area (Å²) in [5, 5.41) is 2.68. The van der Waals surface area contributed by atoms with Gasteiger partial charge in [-0.1, -0.05) is 59.8 Å². The lowest BCUT2D eigenvalue weighted by molar-refractivity contribution is 0.556. The van der Waals surface area contributed by atoms with Crippen LogP contribution in [-0.2, 0) is 0 Å². The first-order valence-electron chi connectivity index (χ1n) is 7.75. The monoisotopic (exact) mass is 365 g/mol.